The Kier molecular flexibility index (Phi) is 4.83. The monoisotopic (exact) mass is 289 g/mol. The van der Waals surface area contributed by atoms with Gasteiger partial charge in [-0.25, -0.2) is 4.68 Å². The van der Waals surface area contributed by atoms with Crippen LogP contribution in [0.15, 0.2) is 12.3 Å². The highest BCUT2D eigenvalue weighted by molar-refractivity contribution is 5.37. The van der Waals surface area contributed by atoms with Crippen LogP contribution < -0.4 is 5.32 Å². The van der Waals surface area contributed by atoms with Crippen LogP contribution in [0.2, 0.25) is 0 Å². The SMILES string of the molecule is Cc1nn(C)c(-n2ccc(C(C)C)n2)c1CNCC(C)C. The van der Waals surface area contributed by atoms with Crippen LogP contribution in [0.3, 0.4) is 0 Å². The predicted octanol–water partition coefficient (Wildman–Crippen LogP) is 2.78. The molecule has 0 aliphatic carbocycles. The van der Waals surface area contributed by atoms with Gasteiger partial charge in [0.2, 0.25) is 0 Å². The minimum atomic E-state index is 0.433. The Morgan fingerprint density at radius 1 is 1.19 bits per heavy atom. The summed E-state index contributed by atoms with van der Waals surface area (Å²) < 4.78 is 3.86. The fraction of sp³-hybridized carbons (Fsp3) is 0.625. The summed E-state index contributed by atoms with van der Waals surface area (Å²) in [6, 6.07) is 2.08. The Labute approximate surface area is 127 Å². The molecule has 2 aromatic heterocycles. The van der Waals surface area contributed by atoms with Gasteiger partial charge in [-0.3, -0.25) is 4.68 Å². The van der Waals surface area contributed by atoms with Crippen molar-refractivity contribution in [2.75, 3.05) is 6.54 Å². The van der Waals surface area contributed by atoms with Gasteiger partial charge in [-0.1, -0.05) is 27.7 Å². The summed E-state index contributed by atoms with van der Waals surface area (Å²) in [4.78, 5) is 0. The van der Waals surface area contributed by atoms with Gasteiger partial charge in [-0.2, -0.15) is 10.2 Å². The van der Waals surface area contributed by atoms with E-state index in [0.29, 0.717) is 11.8 Å². The van der Waals surface area contributed by atoms with E-state index in [0.717, 1.165) is 30.3 Å². The van der Waals surface area contributed by atoms with Crippen LogP contribution >= 0.6 is 0 Å². The Hall–Kier alpha value is -1.62. The van der Waals surface area contributed by atoms with Gasteiger partial charge in [-0.05, 0) is 31.4 Å². The molecular formula is C16H27N5. The number of aromatic nitrogens is 4. The Bertz CT molecular complexity index is 592. The Morgan fingerprint density at radius 3 is 2.48 bits per heavy atom. The van der Waals surface area contributed by atoms with E-state index in [4.69, 9.17) is 0 Å². The second-order valence-corrected chi connectivity index (χ2v) is 6.38. The van der Waals surface area contributed by atoms with E-state index in [1.54, 1.807) is 0 Å². The van der Waals surface area contributed by atoms with Crippen LogP contribution in [0.4, 0.5) is 0 Å². The zero-order valence-corrected chi connectivity index (χ0v) is 14.0. The van der Waals surface area contributed by atoms with Crippen molar-refractivity contribution in [3.8, 4) is 5.82 Å². The molecule has 1 N–H and O–H groups in total. The van der Waals surface area contributed by atoms with Gasteiger partial charge in [0.25, 0.3) is 0 Å². The first-order chi connectivity index (χ1) is 9.90. The van der Waals surface area contributed by atoms with Crippen LogP contribution in [0.25, 0.3) is 5.82 Å². The average Bonchev–Trinajstić information content (AvgIpc) is 2.95. The third kappa shape index (κ3) is 3.53. The first kappa shape index (κ1) is 15.8. The quantitative estimate of drug-likeness (QED) is 0.889. The van der Waals surface area contributed by atoms with E-state index in [-0.39, 0.29) is 0 Å². The topological polar surface area (TPSA) is 47.7 Å². The molecule has 2 rings (SSSR count). The molecule has 0 aliphatic heterocycles. The summed E-state index contributed by atoms with van der Waals surface area (Å²) in [6.45, 7) is 12.6. The average molecular weight is 289 g/mol. The molecule has 116 valence electrons. The van der Waals surface area contributed by atoms with Crippen LogP contribution in [-0.4, -0.2) is 26.1 Å². The maximum atomic E-state index is 4.69. The summed E-state index contributed by atoms with van der Waals surface area (Å²) in [5.74, 6) is 2.13. The summed E-state index contributed by atoms with van der Waals surface area (Å²) in [7, 11) is 1.98. The number of hydrogen-bond donors (Lipinski definition) is 1. The highest BCUT2D eigenvalue weighted by Gasteiger charge is 2.16. The van der Waals surface area contributed by atoms with Crippen molar-refractivity contribution >= 4 is 0 Å². The molecule has 0 amide bonds. The Morgan fingerprint density at radius 2 is 1.90 bits per heavy atom. The molecule has 0 fully saturated rings. The number of aryl methyl sites for hydroxylation is 2. The number of rotatable bonds is 6. The summed E-state index contributed by atoms with van der Waals surface area (Å²) in [5.41, 5.74) is 3.39. The highest BCUT2D eigenvalue weighted by atomic mass is 15.4. The lowest BCUT2D eigenvalue weighted by Crippen LogP contribution is -2.20. The van der Waals surface area contributed by atoms with Gasteiger partial charge < -0.3 is 5.32 Å². The number of hydrogen-bond acceptors (Lipinski definition) is 3. The maximum Gasteiger partial charge on any atom is 0.156 e. The van der Waals surface area contributed by atoms with Crippen molar-refractivity contribution in [3.05, 3.63) is 29.2 Å². The molecule has 0 bridgehead atoms. The van der Waals surface area contributed by atoms with E-state index in [2.05, 4.69) is 56.2 Å². The van der Waals surface area contributed by atoms with Crippen LogP contribution in [0.5, 0.6) is 0 Å². The molecule has 0 aromatic carbocycles. The fourth-order valence-corrected chi connectivity index (χ4v) is 2.43. The van der Waals surface area contributed by atoms with Gasteiger partial charge >= 0.3 is 0 Å². The van der Waals surface area contributed by atoms with Gasteiger partial charge in [0.1, 0.15) is 0 Å². The van der Waals surface area contributed by atoms with Crippen LogP contribution in [0, 0.1) is 12.8 Å². The highest BCUT2D eigenvalue weighted by Crippen LogP contribution is 2.19. The van der Waals surface area contributed by atoms with E-state index in [9.17, 15) is 0 Å². The third-order valence-corrected chi connectivity index (χ3v) is 3.59. The van der Waals surface area contributed by atoms with Crippen LogP contribution in [-0.2, 0) is 13.6 Å². The molecule has 0 saturated heterocycles. The van der Waals surface area contributed by atoms with Crippen molar-refractivity contribution in [2.24, 2.45) is 13.0 Å². The summed E-state index contributed by atoms with van der Waals surface area (Å²) in [5, 5.41) is 12.7. The molecule has 0 atom stereocenters. The smallest absolute Gasteiger partial charge is 0.156 e. The molecule has 5 nitrogen and oxygen atoms in total. The number of nitrogens with one attached hydrogen (secondary N) is 1. The van der Waals surface area contributed by atoms with Gasteiger partial charge in [0.05, 0.1) is 11.4 Å². The lowest BCUT2D eigenvalue weighted by molar-refractivity contribution is 0.550. The van der Waals surface area contributed by atoms with E-state index in [1.807, 2.05) is 22.6 Å². The third-order valence-electron chi connectivity index (χ3n) is 3.59. The first-order valence-corrected chi connectivity index (χ1v) is 7.69. The summed E-state index contributed by atoms with van der Waals surface area (Å²) >= 11 is 0. The van der Waals surface area contributed by atoms with Gasteiger partial charge in [-0.15, -0.1) is 0 Å². The van der Waals surface area contributed by atoms with Gasteiger partial charge in [0.15, 0.2) is 5.82 Å². The first-order valence-electron chi connectivity index (χ1n) is 7.69. The van der Waals surface area contributed by atoms with E-state index >= 15 is 0 Å². The lowest BCUT2D eigenvalue weighted by Gasteiger charge is -2.10. The molecule has 2 heterocycles. The normalized spacial score (nSPS) is 11.8. The van der Waals surface area contributed by atoms with Crippen molar-refractivity contribution in [2.45, 2.75) is 47.1 Å². The molecule has 2 aromatic rings. The van der Waals surface area contributed by atoms with Gasteiger partial charge in [0, 0.05) is 25.4 Å². The second-order valence-electron chi connectivity index (χ2n) is 6.38. The molecular weight excluding hydrogens is 262 g/mol. The minimum Gasteiger partial charge on any atom is -0.312 e. The number of nitrogens with zero attached hydrogens (tertiary/aromatic N) is 4. The molecule has 0 unspecified atom stereocenters. The molecule has 0 spiro atoms. The molecule has 0 saturated carbocycles. The minimum absolute atomic E-state index is 0.433. The van der Waals surface area contributed by atoms with Crippen molar-refractivity contribution in [3.63, 3.8) is 0 Å². The zero-order valence-electron chi connectivity index (χ0n) is 14.0. The molecule has 0 aliphatic rings. The maximum absolute atomic E-state index is 4.69. The summed E-state index contributed by atoms with van der Waals surface area (Å²) in [6.07, 6.45) is 2.03. The van der Waals surface area contributed by atoms with Crippen molar-refractivity contribution < 1.29 is 0 Å². The molecule has 0 radical (unpaired) electrons. The standard InChI is InChI=1S/C16H27N5/c1-11(2)9-17-10-14-13(5)18-20(6)16(14)21-8-7-15(19-21)12(3)4/h7-8,11-12,17H,9-10H2,1-6H3. The lowest BCUT2D eigenvalue weighted by atomic mass is 10.1. The van der Waals surface area contributed by atoms with Crippen molar-refractivity contribution in [1.29, 1.82) is 0 Å². The van der Waals surface area contributed by atoms with E-state index < -0.39 is 0 Å². The largest absolute Gasteiger partial charge is 0.312 e. The molecule has 21 heavy (non-hydrogen) atoms. The van der Waals surface area contributed by atoms with Crippen molar-refractivity contribution in [1.82, 2.24) is 24.9 Å². The molecule has 5 heteroatoms. The fourth-order valence-electron chi connectivity index (χ4n) is 2.43. The predicted molar refractivity (Wildman–Crippen MR) is 85.7 cm³/mol. The van der Waals surface area contributed by atoms with E-state index in [1.165, 1.54) is 5.56 Å². The second kappa shape index (κ2) is 6.43. The zero-order chi connectivity index (χ0) is 15.6. The Balaban J connectivity index is 2.29. The van der Waals surface area contributed by atoms with Crippen LogP contribution in [0.1, 0.15) is 50.6 Å².